The molecule has 3 N–H and O–H groups in total. The number of halogens is 2. The maximum atomic E-state index is 13.6. The Kier molecular flexibility index (Phi) is 3.07. The van der Waals surface area contributed by atoms with Crippen molar-refractivity contribution in [3.63, 3.8) is 0 Å². The predicted molar refractivity (Wildman–Crippen MR) is 64.3 cm³/mol. The third kappa shape index (κ3) is 1.88. The van der Waals surface area contributed by atoms with E-state index in [-0.39, 0.29) is 5.82 Å². The summed E-state index contributed by atoms with van der Waals surface area (Å²) < 4.78 is 14.5. The van der Waals surface area contributed by atoms with E-state index in [9.17, 15) is 4.39 Å². The van der Waals surface area contributed by atoms with Gasteiger partial charge in [0, 0.05) is 16.6 Å². The van der Waals surface area contributed by atoms with Gasteiger partial charge in [-0.05, 0) is 30.7 Å². The van der Waals surface area contributed by atoms with E-state index < -0.39 is 0 Å². The molecule has 0 saturated heterocycles. The van der Waals surface area contributed by atoms with Gasteiger partial charge in [-0.2, -0.15) is 5.10 Å². The lowest BCUT2D eigenvalue weighted by molar-refractivity contribution is 0.630. The van der Waals surface area contributed by atoms with Gasteiger partial charge in [0.15, 0.2) is 0 Å². The smallest absolute Gasteiger partial charge is 0.132 e. The van der Waals surface area contributed by atoms with Gasteiger partial charge in [0.1, 0.15) is 5.82 Å². The van der Waals surface area contributed by atoms with Crippen LogP contribution in [0, 0.1) is 12.7 Å². The number of benzene rings is 1. The van der Waals surface area contributed by atoms with E-state index in [1.54, 1.807) is 12.1 Å². The highest BCUT2D eigenvalue weighted by atomic mass is 79.9. The molecular formula is C11H11BrFN3. The third-order valence-corrected chi connectivity index (χ3v) is 2.99. The molecule has 1 heterocycles. The van der Waals surface area contributed by atoms with Gasteiger partial charge in [0.25, 0.3) is 0 Å². The summed E-state index contributed by atoms with van der Waals surface area (Å²) in [5.74, 6) is -0.290. The minimum absolute atomic E-state index is 0.290. The van der Waals surface area contributed by atoms with Crippen LogP contribution in [0.5, 0.6) is 0 Å². The molecule has 0 aliphatic heterocycles. The van der Waals surface area contributed by atoms with E-state index in [4.69, 9.17) is 5.73 Å². The van der Waals surface area contributed by atoms with Crippen molar-refractivity contribution in [1.82, 2.24) is 10.2 Å². The molecule has 0 unspecified atom stereocenters. The van der Waals surface area contributed by atoms with Crippen LogP contribution in [0.25, 0.3) is 11.3 Å². The van der Waals surface area contributed by atoms with Gasteiger partial charge in [-0.15, -0.1) is 0 Å². The molecule has 0 amide bonds. The molecule has 5 heteroatoms. The first kappa shape index (κ1) is 11.3. The molecule has 0 aliphatic carbocycles. The molecule has 16 heavy (non-hydrogen) atoms. The Morgan fingerprint density at radius 3 is 2.88 bits per heavy atom. The normalized spacial score (nSPS) is 10.8. The fourth-order valence-electron chi connectivity index (χ4n) is 1.57. The number of nitrogens with two attached hydrogens (primary N) is 1. The topological polar surface area (TPSA) is 54.7 Å². The summed E-state index contributed by atoms with van der Waals surface area (Å²) >= 11 is 3.31. The van der Waals surface area contributed by atoms with Crippen molar-refractivity contribution in [2.45, 2.75) is 13.5 Å². The molecule has 0 saturated carbocycles. The zero-order valence-corrected chi connectivity index (χ0v) is 10.3. The number of hydrogen-bond acceptors (Lipinski definition) is 2. The van der Waals surface area contributed by atoms with E-state index in [1.165, 1.54) is 6.07 Å². The van der Waals surface area contributed by atoms with Crippen LogP contribution in [0.4, 0.5) is 4.39 Å². The summed E-state index contributed by atoms with van der Waals surface area (Å²) in [4.78, 5) is 0. The van der Waals surface area contributed by atoms with Crippen LogP contribution >= 0.6 is 15.9 Å². The van der Waals surface area contributed by atoms with E-state index >= 15 is 0 Å². The first-order chi connectivity index (χ1) is 7.63. The molecule has 3 nitrogen and oxygen atoms in total. The average Bonchev–Trinajstić information content (AvgIpc) is 2.63. The molecule has 1 aromatic heterocycles. The summed E-state index contributed by atoms with van der Waals surface area (Å²) in [5.41, 5.74) is 8.34. The average molecular weight is 284 g/mol. The van der Waals surface area contributed by atoms with Crippen LogP contribution in [0.2, 0.25) is 0 Å². The van der Waals surface area contributed by atoms with Gasteiger partial charge in [-0.25, -0.2) is 4.39 Å². The molecule has 0 bridgehead atoms. The number of hydrogen-bond donors (Lipinski definition) is 2. The summed E-state index contributed by atoms with van der Waals surface area (Å²) in [5, 5.41) is 6.90. The zero-order chi connectivity index (χ0) is 11.7. The molecule has 1 aromatic carbocycles. The predicted octanol–water partition coefficient (Wildman–Crippen LogP) is 2.75. The van der Waals surface area contributed by atoms with Crippen LogP contribution in [-0.2, 0) is 6.54 Å². The summed E-state index contributed by atoms with van der Waals surface area (Å²) in [7, 11) is 0. The number of nitrogens with one attached hydrogen (secondary N) is 1. The van der Waals surface area contributed by atoms with Crippen molar-refractivity contribution >= 4 is 15.9 Å². The second-order valence-corrected chi connectivity index (χ2v) is 4.42. The number of H-pyrrole nitrogens is 1. The molecule has 0 fully saturated rings. The first-order valence-electron chi connectivity index (χ1n) is 4.83. The van der Waals surface area contributed by atoms with Gasteiger partial charge in [0.05, 0.1) is 11.4 Å². The SMILES string of the molecule is Cc1c(-c2cc(Br)ccc2F)n[nH]c1CN. The van der Waals surface area contributed by atoms with E-state index in [1.807, 2.05) is 6.92 Å². The fourth-order valence-corrected chi connectivity index (χ4v) is 1.94. The maximum absolute atomic E-state index is 13.6. The lowest BCUT2D eigenvalue weighted by Crippen LogP contribution is -1.98. The van der Waals surface area contributed by atoms with Crippen LogP contribution in [-0.4, -0.2) is 10.2 Å². The highest BCUT2D eigenvalue weighted by Gasteiger charge is 2.13. The van der Waals surface area contributed by atoms with Crippen molar-refractivity contribution in [2.24, 2.45) is 5.73 Å². The lowest BCUT2D eigenvalue weighted by Gasteiger charge is -2.02. The van der Waals surface area contributed by atoms with Crippen molar-refractivity contribution in [1.29, 1.82) is 0 Å². The number of aromatic amines is 1. The number of nitrogens with zero attached hydrogens (tertiary/aromatic N) is 1. The Bertz CT molecular complexity index is 522. The molecule has 0 aliphatic rings. The Balaban J connectivity index is 2.58. The van der Waals surface area contributed by atoms with Gasteiger partial charge in [-0.3, -0.25) is 5.10 Å². The molecular weight excluding hydrogens is 273 g/mol. The van der Waals surface area contributed by atoms with Crippen molar-refractivity contribution in [3.8, 4) is 11.3 Å². The maximum Gasteiger partial charge on any atom is 0.132 e. The molecule has 0 radical (unpaired) electrons. The van der Waals surface area contributed by atoms with E-state index in [0.717, 1.165) is 15.7 Å². The number of rotatable bonds is 2. The molecule has 0 spiro atoms. The Labute approximate surface area is 101 Å². The third-order valence-electron chi connectivity index (χ3n) is 2.50. The second kappa shape index (κ2) is 4.35. The molecule has 2 aromatic rings. The standard InChI is InChI=1S/C11H11BrFN3/c1-6-10(5-14)15-16-11(6)8-4-7(12)2-3-9(8)13/h2-4H,5,14H2,1H3,(H,15,16). The minimum atomic E-state index is -0.290. The van der Waals surface area contributed by atoms with Gasteiger partial charge < -0.3 is 5.73 Å². The molecule has 2 rings (SSSR count). The van der Waals surface area contributed by atoms with Crippen LogP contribution in [0.15, 0.2) is 22.7 Å². The Morgan fingerprint density at radius 1 is 1.50 bits per heavy atom. The van der Waals surface area contributed by atoms with Crippen molar-refractivity contribution in [3.05, 3.63) is 39.7 Å². The minimum Gasteiger partial charge on any atom is -0.325 e. The highest BCUT2D eigenvalue weighted by molar-refractivity contribution is 9.10. The number of aromatic nitrogens is 2. The van der Waals surface area contributed by atoms with Crippen molar-refractivity contribution < 1.29 is 4.39 Å². The fraction of sp³-hybridized carbons (Fsp3) is 0.182. The van der Waals surface area contributed by atoms with Gasteiger partial charge in [-0.1, -0.05) is 15.9 Å². The summed E-state index contributed by atoms with van der Waals surface area (Å²) in [6.45, 7) is 2.25. The summed E-state index contributed by atoms with van der Waals surface area (Å²) in [6.07, 6.45) is 0. The first-order valence-corrected chi connectivity index (χ1v) is 5.62. The van der Waals surface area contributed by atoms with Crippen LogP contribution in [0.3, 0.4) is 0 Å². The van der Waals surface area contributed by atoms with E-state index in [2.05, 4.69) is 26.1 Å². The quantitative estimate of drug-likeness (QED) is 0.891. The van der Waals surface area contributed by atoms with Crippen LogP contribution in [0.1, 0.15) is 11.3 Å². The van der Waals surface area contributed by atoms with Gasteiger partial charge >= 0.3 is 0 Å². The molecule has 84 valence electrons. The highest BCUT2D eigenvalue weighted by Crippen LogP contribution is 2.28. The largest absolute Gasteiger partial charge is 0.325 e. The van der Waals surface area contributed by atoms with Gasteiger partial charge in [0.2, 0.25) is 0 Å². The van der Waals surface area contributed by atoms with Crippen molar-refractivity contribution in [2.75, 3.05) is 0 Å². The van der Waals surface area contributed by atoms with E-state index in [0.29, 0.717) is 17.8 Å². The Hall–Kier alpha value is -1.20. The zero-order valence-electron chi connectivity index (χ0n) is 8.72. The summed E-state index contributed by atoms with van der Waals surface area (Å²) in [6, 6.07) is 4.78. The lowest BCUT2D eigenvalue weighted by atomic mass is 10.1. The second-order valence-electron chi connectivity index (χ2n) is 3.50. The monoisotopic (exact) mass is 283 g/mol. The molecule has 0 atom stereocenters. The Morgan fingerprint density at radius 2 is 2.25 bits per heavy atom. The van der Waals surface area contributed by atoms with Crippen LogP contribution < -0.4 is 5.73 Å².